The molecule has 0 unspecified atom stereocenters. The third kappa shape index (κ3) is 2.46. The van der Waals surface area contributed by atoms with Crippen LogP contribution in [0.25, 0.3) is 11.0 Å². The fourth-order valence-corrected chi connectivity index (χ4v) is 1.91. The molecule has 3 aromatic rings. The fraction of sp³-hybridized carbons (Fsp3) is 0.154. The molecule has 0 saturated carbocycles. The molecule has 20 heavy (non-hydrogen) atoms. The zero-order valence-corrected chi connectivity index (χ0v) is 10.8. The van der Waals surface area contributed by atoms with Gasteiger partial charge in [0.05, 0.1) is 30.5 Å². The van der Waals surface area contributed by atoms with Crippen LogP contribution in [0.5, 0.6) is 5.88 Å². The van der Waals surface area contributed by atoms with Gasteiger partial charge in [-0.05, 0) is 17.7 Å². The third-order valence-corrected chi connectivity index (χ3v) is 2.88. The van der Waals surface area contributed by atoms with Crippen LogP contribution in [0.1, 0.15) is 5.56 Å². The van der Waals surface area contributed by atoms with Crippen LogP contribution in [0.4, 0.5) is 5.82 Å². The van der Waals surface area contributed by atoms with Crippen molar-refractivity contribution in [3.8, 4) is 5.88 Å². The molecule has 7 heteroatoms. The van der Waals surface area contributed by atoms with Gasteiger partial charge in [-0.1, -0.05) is 6.07 Å². The van der Waals surface area contributed by atoms with Crippen molar-refractivity contribution in [2.75, 3.05) is 12.4 Å². The zero-order valence-electron chi connectivity index (χ0n) is 10.8. The van der Waals surface area contributed by atoms with Gasteiger partial charge in [0.2, 0.25) is 5.88 Å². The lowest BCUT2D eigenvalue weighted by Crippen LogP contribution is -2.02. The van der Waals surface area contributed by atoms with Crippen molar-refractivity contribution < 1.29 is 4.74 Å². The van der Waals surface area contributed by atoms with Crippen LogP contribution in [0, 0.1) is 0 Å². The van der Waals surface area contributed by atoms with Crippen LogP contribution in [0.15, 0.2) is 35.4 Å². The molecule has 0 saturated heterocycles. The number of rotatable bonds is 4. The maximum absolute atomic E-state index is 11.2. The first-order valence-electron chi connectivity index (χ1n) is 6.05. The lowest BCUT2D eigenvalue weighted by atomic mass is 10.2. The van der Waals surface area contributed by atoms with Gasteiger partial charge in [-0.15, -0.1) is 0 Å². The molecule has 0 bridgehead atoms. The van der Waals surface area contributed by atoms with E-state index in [2.05, 4.69) is 25.3 Å². The van der Waals surface area contributed by atoms with Gasteiger partial charge in [-0.3, -0.25) is 4.98 Å². The summed E-state index contributed by atoms with van der Waals surface area (Å²) in [4.78, 5) is 24.9. The number of hydrogen-bond donors (Lipinski definition) is 3. The summed E-state index contributed by atoms with van der Waals surface area (Å²) in [6.07, 6.45) is 3.17. The lowest BCUT2D eigenvalue weighted by molar-refractivity contribution is 0.396. The van der Waals surface area contributed by atoms with Gasteiger partial charge in [-0.2, -0.15) is 4.98 Å². The van der Waals surface area contributed by atoms with Crippen LogP contribution in [0.3, 0.4) is 0 Å². The molecule has 0 fully saturated rings. The topological polar surface area (TPSA) is 95.7 Å². The lowest BCUT2D eigenvalue weighted by Gasteiger charge is -2.06. The van der Waals surface area contributed by atoms with Crippen LogP contribution in [0.2, 0.25) is 0 Å². The number of imidazole rings is 1. The van der Waals surface area contributed by atoms with Crippen molar-refractivity contribution in [1.29, 1.82) is 0 Å². The highest BCUT2D eigenvalue weighted by Crippen LogP contribution is 2.13. The molecule has 0 atom stereocenters. The minimum atomic E-state index is -0.205. The molecular weight excluding hydrogens is 258 g/mol. The monoisotopic (exact) mass is 271 g/mol. The maximum Gasteiger partial charge on any atom is 0.323 e. The van der Waals surface area contributed by atoms with Crippen LogP contribution in [-0.4, -0.2) is 27.0 Å². The van der Waals surface area contributed by atoms with Crippen LogP contribution < -0.4 is 15.7 Å². The molecule has 0 aliphatic carbocycles. The van der Waals surface area contributed by atoms with E-state index in [1.54, 1.807) is 19.5 Å². The van der Waals surface area contributed by atoms with Gasteiger partial charge in [-0.25, -0.2) is 4.79 Å². The molecule has 2 heterocycles. The Morgan fingerprint density at radius 2 is 2.10 bits per heavy atom. The highest BCUT2D eigenvalue weighted by atomic mass is 16.5. The molecule has 0 aliphatic rings. The highest BCUT2D eigenvalue weighted by Gasteiger charge is 2.01. The van der Waals surface area contributed by atoms with Crippen molar-refractivity contribution in [2.45, 2.75) is 6.54 Å². The number of methoxy groups -OCH3 is 1. The molecule has 1 aromatic carbocycles. The molecule has 2 aromatic heterocycles. The Hall–Kier alpha value is -2.83. The standard InChI is InChI=1S/C13H13N5O2/c1-20-12-7-14-6-11(18-12)15-5-8-2-3-9-10(4-8)17-13(19)16-9/h2-4,6-7H,5H2,1H3,(H,15,18)(H2,16,17,19). The van der Waals surface area contributed by atoms with E-state index in [0.717, 1.165) is 16.6 Å². The molecular formula is C13H13N5O2. The normalized spacial score (nSPS) is 10.7. The van der Waals surface area contributed by atoms with E-state index < -0.39 is 0 Å². The number of nitrogens with one attached hydrogen (secondary N) is 3. The van der Waals surface area contributed by atoms with Crippen LogP contribution in [-0.2, 0) is 6.54 Å². The van der Waals surface area contributed by atoms with E-state index in [9.17, 15) is 4.79 Å². The van der Waals surface area contributed by atoms with E-state index >= 15 is 0 Å². The Bertz CT molecular complexity index is 793. The second-order valence-corrected chi connectivity index (χ2v) is 4.26. The number of nitrogens with zero attached hydrogens (tertiary/aromatic N) is 2. The number of fused-ring (bicyclic) bond motifs is 1. The number of hydrogen-bond acceptors (Lipinski definition) is 5. The second-order valence-electron chi connectivity index (χ2n) is 4.26. The maximum atomic E-state index is 11.2. The third-order valence-electron chi connectivity index (χ3n) is 2.88. The van der Waals surface area contributed by atoms with Crippen molar-refractivity contribution in [1.82, 2.24) is 19.9 Å². The Kier molecular flexibility index (Phi) is 3.08. The molecule has 0 amide bonds. The minimum Gasteiger partial charge on any atom is -0.480 e. The van der Waals surface area contributed by atoms with Crippen molar-refractivity contribution in [2.24, 2.45) is 0 Å². The van der Waals surface area contributed by atoms with E-state index in [1.165, 1.54) is 0 Å². The number of ether oxygens (including phenoxy) is 1. The first-order chi connectivity index (χ1) is 9.74. The van der Waals surface area contributed by atoms with Crippen LogP contribution >= 0.6 is 0 Å². The molecule has 0 aliphatic heterocycles. The number of aromatic amines is 2. The van der Waals surface area contributed by atoms with Gasteiger partial charge in [0.25, 0.3) is 0 Å². The zero-order chi connectivity index (χ0) is 13.9. The first kappa shape index (κ1) is 12.2. The minimum absolute atomic E-state index is 0.205. The number of H-pyrrole nitrogens is 2. The largest absolute Gasteiger partial charge is 0.480 e. The fourth-order valence-electron chi connectivity index (χ4n) is 1.91. The summed E-state index contributed by atoms with van der Waals surface area (Å²) in [5.41, 5.74) is 2.40. The molecule has 0 radical (unpaired) electrons. The summed E-state index contributed by atoms with van der Waals surface area (Å²) < 4.78 is 5.01. The molecule has 102 valence electrons. The Morgan fingerprint density at radius 3 is 2.95 bits per heavy atom. The van der Waals surface area contributed by atoms with Crippen molar-refractivity contribution in [3.63, 3.8) is 0 Å². The smallest absolute Gasteiger partial charge is 0.323 e. The Balaban J connectivity index is 1.77. The summed E-state index contributed by atoms with van der Waals surface area (Å²) in [7, 11) is 1.55. The van der Waals surface area contributed by atoms with Gasteiger partial charge < -0.3 is 20.0 Å². The summed E-state index contributed by atoms with van der Waals surface area (Å²) in [6.45, 7) is 0.574. The molecule has 0 spiro atoms. The van der Waals surface area contributed by atoms with E-state index in [1.807, 2.05) is 18.2 Å². The van der Waals surface area contributed by atoms with E-state index in [4.69, 9.17) is 4.74 Å². The summed E-state index contributed by atoms with van der Waals surface area (Å²) in [5, 5.41) is 3.15. The summed E-state index contributed by atoms with van der Waals surface area (Å²) >= 11 is 0. The van der Waals surface area contributed by atoms with Gasteiger partial charge in [0.1, 0.15) is 5.82 Å². The second kappa shape index (κ2) is 5.04. The number of anilines is 1. The predicted molar refractivity (Wildman–Crippen MR) is 74.8 cm³/mol. The number of aromatic nitrogens is 4. The highest BCUT2D eigenvalue weighted by molar-refractivity contribution is 5.75. The average Bonchev–Trinajstić information content (AvgIpc) is 2.84. The SMILES string of the molecule is COc1cncc(NCc2ccc3[nH]c(=O)[nH]c3c2)n1. The van der Waals surface area contributed by atoms with Gasteiger partial charge in [0, 0.05) is 6.54 Å². The predicted octanol–water partition coefficient (Wildman–Crippen LogP) is 1.27. The van der Waals surface area contributed by atoms with Gasteiger partial charge >= 0.3 is 5.69 Å². The summed E-state index contributed by atoms with van der Waals surface area (Å²) in [6, 6.07) is 5.71. The molecule has 3 rings (SSSR count). The van der Waals surface area contributed by atoms with Gasteiger partial charge in [0.15, 0.2) is 0 Å². The number of benzene rings is 1. The van der Waals surface area contributed by atoms with E-state index in [-0.39, 0.29) is 5.69 Å². The molecule has 3 N–H and O–H groups in total. The van der Waals surface area contributed by atoms with E-state index in [0.29, 0.717) is 18.2 Å². The molecule has 7 nitrogen and oxygen atoms in total. The summed E-state index contributed by atoms with van der Waals surface area (Å²) in [5.74, 6) is 1.09. The van der Waals surface area contributed by atoms with Crippen molar-refractivity contribution in [3.05, 3.63) is 46.6 Å². The first-order valence-corrected chi connectivity index (χ1v) is 6.05. The average molecular weight is 271 g/mol. The Morgan fingerprint density at radius 1 is 1.25 bits per heavy atom. The Labute approximate surface area is 114 Å². The van der Waals surface area contributed by atoms with Crippen molar-refractivity contribution >= 4 is 16.9 Å². The quantitative estimate of drug-likeness (QED) is 0.664.